The third-order valence-corrected chi connectivity index (χ3v) is 5.62. The van der Waals surface area contributed by atoms with Crippen LogP contribution in [-0.2, 0) is 36.2 Å². The second-order valence-corrected chi connectivity index (χ2v) is 18.2. The Balaban J connectivity index is 0.000000156. The first-order chi connectivity index (χ1) is 15.4. The van der Waals surface area contributed by atoms with Gasteiger partial charge in [-0.15, -0.1) is 69.7 Å². The molecule has 4 aromatic carbocycles. The number of hydrogen-bond acceptors (Lipinski definition) is 0. The number of allylic oxidation sites excluding steroid dienone is 2. The maximum atomic E-state index is 3.46. The van der Waals surface area contributed by atoms with Gasteiger partial charge in [-0.25, -0.2) is 0 Å². The van der Waals surface area contributed by atoms with Gasteiger partial charge in [-0.2, -0.15) is 23.3 Å². The number of benzene rings is 4. The summed E-state index contributed by atoms with van der Waals surface area (Å²) in [6.07, 6.45) is 9.05. The smallest absolute Gasteiger partial charge is 0.147 e. The molecule has 0 aliphatic heterocycles. The molecule has 3 heteroatoms. The van der Waals surface area contributed by atoms with E-state index < -0.39 is 0 Å². The molecule has 4 aromatic rings. The summed E-state index contributed by atoms with van der Waals surface area (Å²) in [5, 5.41) is 5.30. The van der Waals surface area contributed by atoms with E-state index in [1.165, 1.54) is 54.9 Å². The fourth-order valence-electron chi connectivity index (χ4n) is 4.31. The Kier molecular flexibility index (Phi) is 9.10. The molecule has 2 aliphatic rings. The molecule has 0 unspecified atom stereocenters. The van der Waals surface area contributed by atoms with Crippen molar-refractivity contribution in [2.75, 3.05) is 0 Å². The van der Waals surface area contributed by atoms with Gasteiger partial charge >= 0.3 is 41.9 Å². The molecule has 0 spiro atoms. The van der Waals surface area contributed by atoms with Gasteiger partial charge in [-0.05, 0) is 0 Å². The first-order valence-electron chi connectivity index (χ1n) is 11.1. The Morgan fingerprint density at radius 1 is 0.636 bits per heavy atom. The molecule has 0 radical (unpaired) electrons. The van der Waals surface area contributed by atoms with E-state index in [4.69, 9.17) is 0 Å². The minimum absolute atomic E-state index is 0. The van der Waals surface area contributed by atoms with Crippen LogP contribution in [0.1, 0.15) is 36.1 Å². The van der Waals surface area contributed by atoms with Gasteiger partial charge in [0.1, 0.15) is 0 Å². The van der Waals surface area contributed by atoms with E-state index in [1.807, 2.05) is 0 Å². The van der Waals surface area contributed by atoms with Crippen molar-refractivity contribution in [3.63, 3.8) is 0 Å². The maximum Gasteiger partial charge on any atom is -0.147 e. The molecule has 0 atom stereocenters. The molecule has 2 aliphatic carbocycles. The van der Waals surface area contributed by atoms with E-state index in [1.54, 1.807) is 23.3 Å². The van der Waals surface area contributed by atoms with Crippen LogP contribution in [0.3, 0.4) is 0 Å². The van der Waals surface area contributed by atoms with Crippen molar-refractivity contribution in [3.8, 4) is 0 Å². The summed E-state index contributed by atoms with van der Waals surface area (Å²) in [6, 6.07) is 25.9. The predicted molar refractivity (Wildman–Crippen MR) is 143 cm³/mol. The molecule has 0 saturated heterocycles. The summed E-state index contributed by atoms with van der Waals surface area (Å²) in [7, 11) is 0. The van der Waals surface area contributed by atoms with Crippen molar-refractivity contribution in [1.29, 1.82) is 0 Å². The van der Waals surface area contributed by atoms with E-state index in [0.717, 1.165) is 12.8 Å². The standard InChI is InChI=1S/2C14H11.C2H6Si.ClH.Zr/c2*1-10-8-12-7-6-11-4-2-3-5-13(11)14(12)9-10;1-3-2;;/h2*2-7H,8H2,1H3;1-2H3;1H;/q2*-1;;;+2. The van der Waals surface area contributed by atoms with Crippen molar-refractivity contribution >= 4 is 39.4 Å². The fourth-order valence-corrected chi connectivity index (χ4v) is 4.31. The molecular weight excluding hydrogens is 515 g/mol. The minimum Gasteiger partial charge on any atom is -0.147 e. The van der Waals surface area contributed by atoms with Crippen LogP contribution in [0.25, 0.3) is 21.5 Å². The minimum atomic E-state index is 0. The quantitative estimate of drug-likeness (QED) is 0.155. The van der Waals surface area contributed by atoms with Crippen molar-refractivity contribution < 1.29 is 23.3 Å². The summed E-state index contributed by atoms with van der Waals surface area (Å²) in [5.41, 5.74) is 8.35. The monoisotopic (exact) mass is 542 g/mol. The van der Waals surface area contributed by atoms with Crippen LogP contribution in [0, 0.1) is 12.2 Å². The molecule has 33 heavy (non-hydrogen) atoms. The van der Waals surface area contributed by atoms with Crippen LogP contribution in [-0.4, -0.2) is 5.43 Å². The molecule has 6 rings (SSSR count). The van der Waals surface area contributed by atoms with Gasteiger partial charge in [-0.1, -0.05) is 86.0 Å². The average molecular weight is 544 g/mol. The third-order valence-electron chi connectivity index (χ3n) is 5.62. The maximum absolute atomic E-state index is 3.46. The summed E-state index contributed by atoms with van der Waals surface area (Å²) in [5.74, 6) is 0. The molecule has 0 saturated carbocycles. The molecule has 0 nitrogen and oxygen atoms in total. The van der Waals surface area contributed by atoms with Crippen LogP contribution >= 0.6 is 12.4 Å². The van der Waals surface area contributed by atoms with Crippen LogP contribution in [0.15, 0.2) is 83.9 Å². The largest absolute Gasteiger partial charge is 0.147 e. The predicted octanol–water partition coefficient (Wildman–Crippen LogP) is 8.19. The second-order valence-electron chi connectivity index (χ2n) is 8.81. The summed E-state index contributed by atoms with van der Waals surface area (Å²) < 4.78 is 0. The molecule has 0 aromatic heterocycles. The Morgan fingerprint density at radius 2 is 1.00 bits per heavy atom. The first-order valence-corrected chi connectivity index (χ1v) is 17.3. The molecule has 0 amide bonds. The Bertz CT molecular complexity index is 1280. The molecular formula is C30H29ClSiZr. The summed E-state index contributed by atoms with van der Waals surface area (Å²) >= 11 is 1.74. The van der Waals surface area contributed by atoms with Gasteiger partial charge in [0.2, 0.25) is 0 Å². The van der Waals surface area contributed by atoms with Gasteiger partial charge in [0, 0.05) is 0 Å². The van der Waals surface area contributed by atoms with Crippen LogP contribution in [0.5, 0.6) is 0 Å². The zero-order valence-electron chi connectivity index (χ0n) is 19.8. The van der Waals surface area contributed by atoms with Crippen molar-refractivity contribution in [2.45, 2.75) is 39.8 Å². The topological polar surface area (TPSA) is 0 Å². The zero-order valence-corrected chi connectivity index (χ0v) is 24.0. The second kappa shape index (κ2) is 11.6. The average Bonchev–Trinajstić information content (AvgIpc) is 3.35. The Morgan fingerprint density at radius 3 is 1.39 bits per heavy atom. The van der Waals surface area contributed by atoms with Crippen molar-refractivity contribution in [3.05, 3.63) is 118 Å². The van der Waals surface area contributed by atoms with Gasteiger partial charge in [0.05, 0.1) is 0 Å². The molecule has 164 valence electrons. The van der Waals surface area contributed by atoms with E-state index in [-0.39, 0.29) is 17.8 Å². The zero-order chi connectivity index (χ0) is 22.7. The van der Waals surface area contributed by atoms with Gasteiger partial charge in [-0.3, -0.25) is 0 Å². The van der Waals surface area contributed by atoms with E-state index in [9.17, 15) is 0 Å². The summed E-state index contributed by atoms with van der Waals surface area (Å²) in [4.78, 5) is 0. The normalized spacial score (nSPS) is 12.9. The van der Waals surface area contributed by atoms with E-state index >= 15 is 0 Å². The molecule has 0 N–H and O–H groups in total. The van der Waals surface area contributed by atoms with Gasteiger partial charge in [0.15, 0.2) is 0 Å². The van der Waals surface area contributed by atoms with Gasteiger partial charge < -0.3 is 0 Å². The number of hydrogen-bond donors (Lipinski definition) is 0. The third kappa shape index (κ3) is 6.24. The van der Waals surface area contributed by atoms with Gasteiger partial charge in [0.25, 0.3) is 0 Å². The Hall–Kier alpha value is -1.73. The molecule has 0 heterocycles. The van der Waals surface area contributed by atoms with Crippen molar-refractivity contribution in [2.24, 2.45) is 0 Å². The van der Waals surface area contributed by atoms with E-state index in [0.29, 0.717) is 0 Å². The molecule has 0 bridgehead atoms. The van der Waals surface area contributed by atoms with Crippen LogP contribution in [0.2, 0.25) is 13.1 Å². The number of halogens is 1. The number of rotatable bonds is 0. The van der Waals surface area contributed by atoms with Crippen LogP contribution in [0.4, 0.5) is 0 Å². The summed E-state index contributed by atoms with van der Waals surface area (Å²) in [6.45, 7) is 8.91. The number of fused-ring (bicyclic) bond motifs is 6. The van der Waals surface area contributed by atoms with E-state index in [2.05, 4.69) is 112 Å². The fraction of sp³-hybridized carbons (Fsp3) is 0.200. The Labute approximate surface area is 219 Å². The SMILES string of the molecule is CC1=[C-]c2c(ccc3ccccc23)C1.CC1=[C-]c2c(ccc3ccccc23)C1.C[Si](C)=[Zr+2].Cl. The molecule has 0 fully saturated rings. The van der Waals surface area contributed by atoms with Crippen LogP contribution < -0.4 is 0 Å². The first kappa shape index (κ1) is 25.9. The van der Waals surface area contributed by atoms with Crippen molar-refractivity contribution in [1.82, 2.24) is 0 Å².